The van der Waals surface area contributed by atoms with Crippen LogP contribution in [-0.2, 0) is 0 Å². The van der Waals surface area contributed by atoms with Crippen molar-refractivity contribution < 1.29 is 12.0 Å². The predicted molar refractivity (Wildman–Crippen MR) is 270 cm³/mol. The molecule has 9 aromatic rings. The summed E-state index contributed by atoms with van der Waals surface area (Å²) < 4.78 is 46.3. The van der Waals surface area contributed by atoms with Gasteiger partial charge < -0.3 is 5.11 Å². The van der Waals surface area contributed by atoms with Gasteiger partial charge in [0.2, 0.25) is 0 Å². The van der Waals surface area contributed by atoms with Gasteiger partial charge in [0.25, 0.3) is 0 Å². The summed E-state index contributed by atoms with van der Waals surface area (Å²) in [5.74, 6) is -0.891. The van der Waals surface area contributed by atoms with Crippen molar-refractivity contribution in [3.05, 3.63) is 191 Å². The topological polar surface area (TPSA) is 50.9 Å². The number of imidazole rings is 1. The molecule has 4 heteroatoms. The van der Waals surface area contributed by atoms with E-state index in [-0.39, 0.29) is 17.2 Å². The van der Waals surface area contributed by atoms with E-state index in [0.29, 0.717) is 33.7 Å². The molecule has 2 aromatic heterocycles. The Hall–Kier alpha value is -7.04. The zero-order chi connectivity index (χ0) is 49.2. The van der Waals surface area contributed by atoms with Gasteiger partial charge in [-0.2, -0.15) is 0 Å². The third-order valence-corrected chi connectivity index (χ3v) is 12.3. The fourth-order valence-electron chi connectivity index (χ4n) is 8.73. The van der Waals surface area contributed by atoms with Crippen molar-refractivity contribution in [1.82, 2.24) is 14.5 Å². The number of phenols is 1. The maximum Gasteiger partial charge on any atom is 0.149 e. The fraction of sp³-hybridized carbons (Fsp3) is 0.200. The van der Waals surface area contributed by atoms with Gasteiger partial charge in [0.15, 0.2) is 0 Å². The van der Waals surface area contributed by atoms with Crippen LogP contribution in [0.25, 0.3) is 83.9 Å². The molecule has 0 saturated carbocycles. The molecular weight excluding hydrogens is 779 g/mol. The van der Waals surface area contributed by atoms with Crippen molar-refractivity contribution >= 4 is 11.0 Å². The van der Waals surface area contributed by atoms with Gasteiger partial charge in [0, 0.05) is 24.2 Å². The van der Waals surface area contributed by atoms with Crippen molar-refractivity contribution in [2.75, 3.05) is 0 Å². The Morgan fingerprint density at radius 2 is 1.20 bits per heavy atom. The summed E-state index contributed by atoms with van der Waals surface area (Å²) in [5.41, 5.74) is 15.8. The molecule has 2 heterocycles. The summed E-state index contributed by atoms with van der Waals surface area (Å²) in [6.07, 6.45) is 1.83. The van der Waals surface area contributed by atoms with Gasteiger partial charge in [-0.3, -0.25) is 9.55 Å². The molecule has 0 aliphatic heterocycles. The Bertz CT molecular complexity index is 3390. The Kier molecular flexibility index (Phi) is 9.83. The summed E-state index contributed by atoms with van der Waals surface area (Å²) >= 11 is 0. The van der Waals surface area contributed by atoms with E-state index in [1.165, 1.54) is 0 Å². The lowest BCUT2D eigenvalue weighted by atomic mass is 9.90. The zero-order valence-electron chi connectivity index (χ0n) is 42.9. The summed E-state index contributed by atoms with van der Waals surface area (Å²) in [7, 11) is 0. The minimum absolute atomic E-state index is 0.0687. The van der Waals surface area contributed by atoms with E-state index in [9.17, 15) is 5.11 Å². The third kappa shape index (κ3) is 8.17. The third-order valence-electron chi connectivity index (χ3n) is 12.3. The van der Waals surface area contributed by atoms with E-state index < -0.39 is 18.6 Å². The van der Waals surface area contributed by atoms with Gasteiger partial charge >= 0.3 is 0 Å². The Labute approximate surface area is 386 Å². The Morgan fingerprint density at radius 3 is 1.94 bits per heavy atom. The summed E-state index contributed by atoms with van der Waals surface area (Å²) in [5, 5.41) is 11.8. The largest absolute Gasteiger partial charge is 0.507 e. The average molecular weight is 841 g/mol. The molecule has 0 aliphatic rings. The molecule has 0 unspecified atom stereocenters. The van der Waals surface area contributed by atoms with Gasteiger partial charge in [0.05, 0.1) is 28.0 Å². The van der Waals surface area contributed by atoms with Crippen LogP contribution in [0, 0.1) is 20.7 Å². The quantitative estimate of drug-likeness (QED) is 0.149. The van der Waals surface area contributed by atoms with Crippen molar-refractivity contribution in [3.8, 4) is 78.6 Å². The van der Waals surface area contributed by atoms with Crippen LogP contribution in [0.15, 0.2) is 158 Å². The number of para-hydroxylation sites is 1. The van der Waals surface area contributed by atoms with Crippen molar-refractivity contribution in [2.45, 2.75) is 79.9 Å². The maximum absolute atomic E-state index is 11.8. The smallest absolute Gasteiger partial charge is 0.149 e. The second-order valence-electron chi connectivity index (χ2n) is 17.8. The number of aryl methyl sites for hydroxylation is 3. The molecule has 9 rings (SSSR count). The molecule has 1 N–H and O–H groups in total. The SMILES string of the molecule is [2H]C([2H])([2H])c1cc(-c2cc(C(C)C)cc(C([2H])(C)C)c2)ccc1-n1c(-c2cc(C)cc(C)c2O)nc2c(-c3cc(-c4ccccc4)cc(-c4cc(-c5ccc(C([2H])(C)C)cc5)ccn4)c3)cccc21. The van der Waals surface area contributed by atoms with E-state index in [1.807, 2.05) is 137 Å². The molecule has 0 atom stereocenters. The second kappa shape index (κ2) is 17.3. The first kappa shape index (κ1) is 36.4. The van der Waals surface area contributed by atoms with Crippen LogP contribution in [0.4, 0.5) is 0 Å². The van der Waals surface area contributed by atoms with Gasteiger partial charge in [0.1, 0.15) is 11.6 Å². The van der Waals surface area contributed by atoms with Crippen LogP contribution in [-0.4, -0.2) is 19.6 Å². The van der Waals surface area contributed by atoms with E-state index in [4.69, 9.17) is 16.8 Å². The molecule has 318 valence electrons. The number of pyridine rings is 1. The molecule has 0 spiro atoms. The van der Waals surface area contributed by atoms with Crippen LogP contribution in [0.3, 0.4) is 0 Å². The molecule has 4 nitrogen and oxygen atoms in total. The van der Waals surface area contributed by atoms with E-state index in [1.54, 1.807) is 6.07 Å². The minimum Gasteiger partial charge on any atom is -0.507 e. The van der Waals surface area contributed by atoms with Crippen molar-refractivity contribution in [3.63, 3.8) is 0 Å². The molecule has 0 bridgehead atoms. The van der Waals surface area contributed by atoms with Gasteiger partial charge in [-0.05, 0) is 165 Å². The van der Waals surface area contributed by atoms with Crippen LogP contribution >= 0.6 is 0 Å². The van der Waals surface area contributed by atoms with Crippen molar-refractivity contribution in [1.29, 1.82) is 0 Å². The zero-order valence-corrected chi connectivity index (χ0v) is 37.9. The highest BCUT2D eigenvalue weighted by molar-refractivity contribution is 5.98. The molecule has 0 amide bonds. The van der Waals surface area contributed by atoms with E-state index in [0.717, 1.165) is 78.0 Å². The Morgan fingerprint density at radius 1 is 0.531 bits per heavy atom. The number of hydrogen-bond acceptors (Lipinski definition) is 3. The molecular formula is C60H57N3O. The number of rotatable bonds is 10. The van der Waals surface area contributed by atoms with Crippen LogP contribution in [0.5, 0.6) is 5.75 Å². The molecule has 0 aliphatic carbocycles. The van der Waals surface area contributed by atoms with Crippen LogP contribution in [0.2, 0.25) is 0 Å². The first-order valence-corrected chi connectivity index (χ1v) is 22.0. The minimum atomic E-state index is -2.55. The number of aromatic hydroxyl groups is 1. The maximum atomic E-state index is 11.8. The summed E-state index contributed by atoms with van der Waals surface area (Å²) in [6, 6.07) is 50.4. The lowest BCUT2D eigenvalue weighted by molar-refractivity contribution is 0.472. The van der Waals surface area contributed by atoms with Gasteiger partial charge in [-0.25, -0.2) is 4.98 Å². The highest BCUT2D eigenvalue weighted by Gasteiger charge is 2.23. The van der Waals surface area contributed by atoms with Crippen LogP contribution in [0.1, 0.15) is 99.5 Å². The lowest BCUT2D eigenvalue weighted by Gasteiger charge is -2.17. The number of fused-ring (bicyclic) bond motifs is 1. The summed E-state index contributed by atoms with van der Waals surface area (Å²) in [6.45, 7) is 13.0. The van der Waals surface area contributed by atoms with Gasteiger partial charge in [-0.15, -0.1) is 0 Å². The lowest BCUT2D eigenvalue weighted by Crippen LogP contribution is -2.01. The normalized spacial score (nSPS) is 13.4. The predicted octanol–water partition coefficient (Wildman–Crippen LogP) is 16.4. The number of nitrogens with zero attached hydrogens (tertiary/aromatic N) is 3. The first-order valence-electron chi connectivity index (χ1n) is 24.5. The molecule has 0 fully saturated rings. The van der Waals surface area contributed by atoms with E-state index in [2.05, 4.69) is 74.5 Å². The molecule has 64 heavy (non-hydrogen) atoms. The Balaban J connectivity index is 1.28. The summed E-state index contributed by atoms with van der Waals surface area (Å²) in [4.78, 5) is 10.3. The van der Waals surface area contributed by atoms with Crippen LogP contribution < -0.4 is 0 Å². The van der Waals surface area contributed by atoms with E-state index >= 15 is 0 Å². The molecule has 0 radical (unpaired) electrons. The number of aromatic nitrogens is 3. The average Bonchev–Trinajstić information content (AvgIpc) is 3.71. The van der Waals surface area contributed by atoms with Gasteiger partial charge in [-0.1, -0.05) is 139 Å². The number of phenolic OH excluding ortho intramolecular Hbond substituents is 1. The van der Waals surface area contributed by atoms with Crippen molar-refractivity contribution in [2.24, 2.45) is 0 Å². The highest BCUT2D eigenvalue weighted by atomic mass is 16.3. The molecule has 0 saturated heterocycles. The highest BCUT2D eigenvalue weighted by Crippen LogP contribution is 2.42. The molecule has 7 aromatic carbocycles. The standard InChI is InChI=1S/C60H57N3O/c1-36(2)42-18-20-44(21-19-42)46-24-25-61-55(35-46)52-33-49(43-14-11-10-12-15-43)32-51(34-52)53-16-13-17-57-58(53)62-60(54-27-39(7)26-41(9)59(54)64)63(57)56-23-22-45(28-40(56)8)50-30-47(37(3)4)29-48(31-50)38(5)6/h10-38,64H,1-9H3/i8D3,36D,37D. The number of benzene rings is 7. The number of hydrogen-bond donors (Lipinski definition) is 1. The first-order chi connectivity index (χ1) is 32.6. The second-order valence-corrected chi connectivity index (χ2v) is 17.8. The fourth-order valence-corrected chi connectivity index (χ4v) is 8.73. The monoisotopic (exact) mass is 840 g/mol.